The molecule has 5 aliphatic rings. The fourth-order valence-corrected chi connectivity index (χ4v) is 9.88. The fraction of sp³-hybridized carbons (Fsp3) is 0.966. The van der Waals surface area contributed by atoms with E-state index in [2.05, 4.69) is 20.8 Å². The third-order valence-electron chi connectivity index (χ3n) is 11.6. The molecule has 0 amide bonds. The summed E-state index contributed by atoms with van der Waals surface area (Å²) in [5, 5.41) is 0. The molecule has 182 valence electrons. The highest BCUT2D eigenvalue weighted by atomic mass is 16.7. The zero-order chi connectivity index (χ0) is 22.3. The van der Waals surface area contributed by atoms with Crippen LogP contribution >= 0.6 is 0 Å². The highest BCUT2D eigenvalue weighted by Crippen LogP contribution is 2.68. The Morgan fingerprint density at radius 1 is 0.969 bits per heavy atom. The monoisotopic (exact) mass is 444 g/mol. The molecule has 0 aromatic carbocycles. The van der Waals surface area contributed by atoms with Crippen molar-refractivity contribution in [2.24, 2.45) is 46.3 Å². The summed E-state index contributed by atoms with van der Waals surface area (Å²) in [6.07, 6.45) is 19.5. The maximum absolute atomic E-state index is 11.0. The van der Waals surface area contributed by atoms with Gasteiger partial charge in [-0.2, -0.15) is 0 Å². The van der Waals surface area contributed by atoms with E-state index in [1.54, 1.807) is 0 Å². The van der Waals surface area contributed by atoms with E-state index in [-0.39, 0.29) is 6.29 Å². The summed E-state index contributed by atoms with van der Waals surface area (Å²) in [6, 6.07) is 0. The fourth-order valence-electron chi connectivity index (χ4n) is 9.88. The lowest BCUT2D eigenvalue weighted by atomic mass is 9.44. The van der Waals surface area contributed by atoms with Crippen LogP contribution in [0.4, 0.5) is 0 Å². The van der Waals surface area contributed by atoms with Crippen LogP contribution in [0.2, 0.25) is 0 Å². The molecule has 0 N–H and O–H groups in total. The van der Waals surface area contributed by atoms with Gasteiger partial charge in [0.25, 0.3) is 0 Å². The van der Waals surface area contributed by atoms with Gasteiger partial charge in [0.2, 0.25) is 0 Å². The predicted octanol–water partition coefficient (Wildman–Crippen LogP) is 7.17. The summed E-state index contributed by atoms with van der Waals surface area (Å²) >= 11 is 0. The van der Waals surface area contributed by atoms with Crippen LogP contribution in [0.15, 0.2) is 0 Å². The van der Waals surface area contributed by atoms with Crippen LogP contribution in [0.1, 0.15) is 111 Å². The molecule has 0 aromatic rings. The second-order valence-electron chi connectivity index (χ2n) is 12.9. The normalized spacial score (nSPS) is 49.5. The number of carbonyl (C=O) groups is 1. The van der Waals surface area contributed by atoms with Crippen molar-refractivity contribution in [3.63, 3.8) is 0 Å². The number of rotatable bonds is 6. The maximum Gasteiger partial charge on any atom is 0.157 e. The average Bonchev–Trinajstić information content (AvgIpc) is 3.16. The molecule has 4 saturated carbocycles. The van der Waals surface area contributed by atoms with Gasteiger partial charge in [-0.1, -0.05) is 20.8 Å². The molecule has 0 radical (unpaired) electrons. The van der Waals surface area contributed by atoms with Gasteiger partial charge in [0.15, 0.2) is 6.29 Å². The minimum atomic E-state index is 0.0708. The van der Waals surface area contributed by atoms with Crippen molar-refractivity contribution < 1.29 is 14.3 Å². The zero-order valence-corrected chi connectivity index (χ0v) is 21.0. The first-order valence-corrected chi connectivity index (χ1v) is 14.2. The molecule has 1 saturated heterocycles. The number of aldehydes is 1. The summed E-state index contributed by atoms with van der Waals surface area (Å²) in [7, 11) is 0. The number of fused-ring (bicyclic) bond motifs is 5. The summed E-state index contributed by atoms with van der Waals surface area (Å²) in [5.74, 6) is 5.17. The van der Waals surface area contributed by atoms with E-state index in [4.69, 9.17) is 9.47 Å². The van der Waals surface area contributed by atoms with E-state index in [1.165, 1.54) is 70.6 Å². The lowest BCUT2D eigenvalue weighted by Crippen LogP contribution is -2.54. The van der Waals surface area contributed by atoms with Crippen LogP contribution in [0.5, 0.6) is 0 Å². The van der Waals surface area contributed by atoms with E-state index in [1.807, 2.05) is 0 Å². The molecular weight excluding hydrogens is 396 g/mol. The van der Waals surface area contributed by atoms with E-state index >= 15 is 0 Å². The summed E-state index contributed by atoms with van der Waals surface area (Å²) < 4.78 is 12.4. The van der Waals surface area contributed by atoms with Crippen LogP contribution in [0.25, 0.3) is 0 Å². The van der Waals surface area contributed by atoms with E-state index in [9.17, 15) is 4.79 Å². The van der Waals surface area contributed by atoms with Gasteiger partial charge >= 0.3 is 0 Å². The Morgan fingerprint density at radius 3 is 2.56 bits per heavy atom. The first-order chi connectivity index (χ1) is 15.5. The predicted molar refractivity (Wildman–Crippen MR) is 128 cm³/mol. The molecule has 10 atom stereocenters. The van der Waals surface area contributed by atoms with Crippen LogP contribution < -0.4 is 0 Å². The highest BCUT2D eigenvalue weighted by Gasteiger charge is 2.60. The summed E-state index contributed by atoms with van der Waals surface area (Å²) in [6.45, 7) is 8.64. The first-order valence-electron chi connectivity index (χ1n) is 14.2. The Balaban J connectivity index is 1.25. The van der Waals surface area contributed by atoms with Gasteiger partial charge in [-0.05, 0) is 130 Å². The van der Waals surface area contributed by atoms with Gasteiger partial charge in [0.1, 0.15) is 6.29 Å². The van der Waals surface area contributed by atoms with Crippen molar-refractivity contribution in [3.8, 4) is 0 Å². The van der Waals surface area contributed by atoms with Gasteiger partial charge in [0.05, 0.1) is 6.10 Å². The largest absolute Gasteiger partial charge is 0.353 e. The Kier molecular flexibility index (Phi) is 6.80. The lowest BCUT2D eigenvalue weighted by molar-refractivity contribution is -0.212. The second-order valence-corrected chi connectivity index (χ2v) is 12.9. The van der Waals surface area contributed by atoms with Crippen molar-refractivity contribution in [2.75, 3.05) is 6.61 Å². The third kappa shape index (κ3) is 4.02. The maximum atomic E-state index is 11.0. The molecule has 5 fully saturated rings. The molecule has 32 heavy (non-hydrogen) atoms. The molecule has 0 bridgehead atoms. The zero-order valence-electron chi connectivity index (χ0n) is 21.0. The molecule has 3 heteroatoms. The SMILES string of the molecule is C[C@H](CCC=O)[C@H]1CCC2C3CCC4CC(OC5CCCCO5)CC[C@]4(C)C3CC[C@@]21C. The van der Waals surface area contributed by atoms with Gasteiger partial charge in [-0.25, -0.2) is 0 Å². The molecule has 4 aliphatic carbocycles. The van der Waals surface area contributed by atoms with Crippen molar-refractivity contribution >= 4 is 6.29 Å². The minimum Gasteiger partial charge on any atom is -0.353 e. The number of ether oxygens (including phenoxy) is 2. The molecule has 1 aliphatic heterocycles. The summed E-state index contributed by atoms with van der Waals surface area (Å²) in [4.78, 5) is 11.0. The van der Waals surface area contributed by atoms with E-state index in [0.717, 1.165) is 61.7 Å². The van der Waals surface area contributed by atoms with Crippen LogP contribution in [0.3, 0.4) is 0 Å². The number of carbonyl (C=O) groups excluding carboxylic acids is 1. The quantitative estimate of drug-likeness (QED) is 0.322. The van der Waals surface area contributed by atoms with Gasteiger partial charge < -0.3 is 14.3 Å². The smallest absolute Gasteiger partial charge is 0.157 e. The van der Waals surface area contributed by atoms with Crippen LogP contribution in [0, 0.1) is 46.3 Å². The Bertz CT molecular complexity index is 657. The number of hydrogen-bond acceptors (Lipinski definition) is 3. The third-order valence-corrected chi connectivity index (χ3v) is 11.6. The lowest BCUT2D eigenvalue weighted by Gasteiger charge is -2.61. The Hall–Kier alpha value is -0.410. The minimum absolute atomic E-state index is 0.0708. The molecular formula is C29H48O3. The molecule has 0 aromatic heterocycles. The molecule has 3 nitrogen and oxygen atoms in total. The van der Waals surface area contributed by atoms with Gasteiger partial charge in [0, 0.05) is 13.0 Å². The van der Waals surface area contributed by atoms with E-state index in [0.29, 0.717) is 22.9 Å². The molecule has 6 unspecified atom stereocenters. The van der Waals surface area contributed by atoms with Crippen molar-refractivity contribution in [3.05, 3.63) is 0 Å². The van der Waals surface area contributed by atoms with Crippen LogP contribution in [-0.4, -0.2) is 25.3 Å². The second kappa shape index (κ2) is 9.33. The van der Waals surface area contributed by atoms with Crippen molar-refractivity contribution in [2.45, 2.75) is 123 Å². The Labute approximate surface area is 196 Å². The highest BCUT2D eigenvalue weighted by molar-refractivity contribution is 5.49. The first kappa shape index (κ1) is 23.3. The van der Waals surface area contributed by atoms with Gasteiger partial charge in [-0.3, -0.25) is 0 Å². The number of hydrogen-bond donors (Lipinski definition) is 0. The molecule has 1 heterocycles. The van der Waals surface area contributed by atoms with Crippen LogP contribution in [-0.2, 0) is 14.3 Å². The van der Waals surface area contributed by atoms with Crippen molar-refractivity contribution in [1.29, 1.82) is 0 Å². The molecule has 5 rings (SSSR count). The van der Waals surface area contributed by atoms with E-state index < -0.39 is 0 Å². The average molecular weight is 445 g/mol. The standard InChI is InChI=1S/C29H48O3/c1-20(7-6-17-30)24-11-12-25-23-10-9-21-19-22(32-27-8-4-5-18-31-27)13-15-28(21,2)26(23)14-16-29(24,25)3/h17,20-27H,4-16,18-19H2,1-3H3/t20-,21?,22?,23?,24-,25?,26?,27?,28+,29-/m1/s1. The summed E-state index contributed by atoms with van der Waals surface area (Å²) in [5.41, 5.74) is 1.05. The van der Waals surface area contributed by atoms with Crippen molar-refractivity contribution in [1.82, 2.24) is 0 Å². The molecule has 0 spiro atoms. The topological polar surface area (TPSA) is 35.5 Å². The Morgan fingerprint density at radius 2 is 1.78 bits per heavy atom. The van der Waals surface area contributed by atoms with Gasteiger partial charge in [-0.15, -0.1) is 0 Å².